The van der Waals surface area contributed by atoms with Gasteiger partial charge >= 0.3 is 0 Å². The first kappa shape index (κ1) is 41.0. The lowest BCUT2D eigenvalue weighted by Crippen LogP contribution is -2.52. The van der Waals surface area contributed by atoms with Gasteiger partial charge in [-0.3, -0.25) is 38.5 Å². The maximum atomic E-state index is 12.8. The fourth-order valence-electron chi connectivity index (χ4n) is 4.64. The van der Waals surface area contributed by atoms with Gasteiger partial charge < -0.3 is 35.5 Å². The third-order valence-electron chi connectivity index (χ3n) is 7.67. The van der Waals surface area contributed by atoms with Crippen LogP contribution in [-0.2, 0) is 54.2 Å². The molecule has 15 heteroatoms. The fourth-order valence-corrected chi connectivity index (χ4v) is 4.64. The third kappa shape index (κ3) is 16.2. The minimum atomic E-state index is -0.964. The van der Waals surface area contributed by atoms with Gasteiger partial charge in [-0.2, -0.15) is 0 Å². The van der Waals surface area contributed by atoms with E-state index in [2.05, 4.69) is 21.3 Å². The van der Waals surface area contributed by atoms with Gasteiger partial charge in [-0.1, -0.05) is 58.0 Å². The first-order chi connectivity index (χ1) is 23.4. The van der Waals surface area contributed by atoms with E-state index in [9.17, 15) is 33.6 Å². The number of hydrogen-bond acceptors (Lipinski definition) is 10. The molecule has 49 heavy (non-hydrogen) atoms. The molecule has 1 aromatic rings. The maximum absolute atomic E-state index is 12.8. The van der Waals surface area contributed by atoms with E-state index < -0.39 is 36.2 Å². The summed E-state index contributed by atoms with van der Waals surface area (Å²) in [4.78, 5) is 87.0. The molecule has 0 radical (unpaired) electrons. The van der Waals surface area contributed by atoms with Gasteiger partial charge in [0, 0.05) is 31.1 Å². The lowest BCUT2D eigenvalue weighted by molar-refractivity contribution is -0.140. The molecule has 1 heterocycles. The number of ether oxygens (including phenoxy) is 3. The van der Waals surface area contributed by atoms with Crippen molar-refractivity contribution in [2.45, 2.75) is 53.0 Å². The molecular formula is C34H51N5O10. The van der Waals surface area contributed by atoms with E-state index >= 15 is 0 Å². The average molecular weight is 690 g/mol. The predicted molar refractivity (Wildman–Crippen MR) is 178 cm³/mol. The van der Waals surface area contributed by atoms with E-state index in [4.69, 9.17) is 14.2 Å². The molecule has 0 aliphatic carbocycles. The van der Waals surface area contributed by atoms with Crippen LogP contribution in [0.1, 0.15) is 46.1 Å². The Morgan fingerprint density at radius 2 is 1.35 bits per heavy atom. The van der Waals surface area contributed by atoms with Crippen LogP contribution in [0.5, 0.6) is 0 Å². The predicted octanol–water partition coefficient (Wildman–Crippen LogP) is -0.241. The van der Waals surface area contributed by atoms with E-state index in [1.54, 1.807) is 26.0 Å². The number of nitrogens with zero attached hydrogens (tertiary/aromatic N) is 1. The normalized spacial score (nSPS) is 15.0. The van der Waals surface area contributed by atoms with Crippen LogP contribution in [-0.4, -0.2) is 118 Å². The highest BCUT2D eigenvalue weighted by Gasteiger charge is 2.39. The number of carbonyl (C=O) groups is 7. The van der Waals surface area contributed by atoms with Crippen molar-refractivity contribution in [3.05, 3.63) is 35.9 Å². The molecule has 1 fully saturated rings. The van der Waals surface area contributed by atoms with Crippen LogP contribution in [0.3, 0.4) is 0 Å². The summed E-state index contributed by atoms with van der Waals surface area (Å²) in [5.41, 5.74) is 0.801. The number of imide groups is 1. The zero-order valence-corrected chi connectivity index (χ0v) is 28.9. The van der Waals surface area contributed by atoms with Gasteiger partial charge in [0.1, 0.15) is 6.04 Å². The van der Waals surface area contributed by atoms with E-state index in [0.29, 0.717) is 13.2 Å². The van der Waals surface area contributed by atoms with E-state index in [1.807, 2.05) is 32.0 Å². The molecule has 2 atom stereocenters. The Balaban J connectivity index is 1.53. The van der Waals surface area contributed by atoms with Crippen LogP contribution in [0.4, 0.5) is 0 Å². The summed E-state index contributed by atoms with van der Waals surface area (Å²) >= 11 is 0. The first-order valence-electron chi connectivity index (χ1n) is 16.6. The van der Waals surface area contributed by atoms with Crippen molar-refractivity contribution in [3.63, 3.8) is 0 Å². The van der Waals surface area contributed by atoms with Crippen LogP contribution in [0.15, 0.2) is 30.3 Å². The molecule has 1 aliphatic rings. The lowest BCUT2D eigenvalue weighted by atomic mass is 9.94. The Bertz CT molecular complexity index is 1260. The molecule has 0 bridgehead atoms. The van der Waals surface area contributed by atoms with Crippen LogP contribution in [0, 0.1) is 17.8 Å². The molecule has 0 saturated carbocycles. The number of likely N-dealkylation sites (tertiary alicyclic amines) is 1. The summed E-state index contributed by atoms with van der Waals surface area (Å²) in [6, 6.07) is 8.09. The third-order valence-corrected chi connectivity index (χ3v) is 7.67. The summed E-state index contributed by atoms with van der Waals surface area (Å²) in [5, 5.41) is 10.0. The molecule has 1 aliphatic heterocycles. The Labute approximate surface area is 287 Å². The highest BCUT2D eigenvalue weighted by Crippen LogP contribution is 2.25. The van der Waals surface area contributed by atoms with Crippen LogP contribution in [0.2, 0.25) is 0 Å². The topological polar surface area (TPSA) is 199 Å². The van der Waals surface area contributed by atoms with Gasteiger partial charge in [-0.25, -0.2) is 0 Å². The fraction of sp³-hybridized carbons (Fsp3) is 0.618. The zero-order valence-electron chi connectivity index (χ0n) is 28.9. The summed E-state index contributed by atoms with van der Waals surface area (Å²) in [5.74, 6) is -2.96. The minimum absolute atomic E-state index is 0.0120. The Hall–Kier alpha value is -4.21. The summed E-state index contributed by atoms with van der Waals surface area (Å²) in [7, 11) is 0. The number of nitrogens with one attached hydrogen (secondary N) is 4. The van der Waals surface area contributed by atoms with E-state index in [-0.39, 0.29) is 101 Å². The van der Waals surface area contributed by atoms with Crippen molar-refractivity contribution < 1.29 is 47.8 Å². The van der Waals surface area contributed by atoms with Crippen molar-refractivity contribution >= 4 is 41.2 Å². The summed E-state index contributed by atoms with van der Waals surface area (Å²) in [6.45, 7) is 8.07. The number of Topliss-reactive ketones (excluding diaryl/α,β-unsaturated/α-hetero) is 1. The standard InChI is InChI=1S/C34H51N5O10/c1-23(2)26-19-32(44)39(34(26)46)11-13-48-15-17-49-16-14-47-12-10-29(41)35-21-30(42)36-22-31(43)38-27(18-25-8-6-5-7-9-25)33(45)37-20-28(40)24(3)4/h5-9,23-24,26-27H,10-22H2,1-4H3,(H,35,41)(H,36,42)(H,37,45)(H,38,43)/t26?,27-/m0/s1. The molecule has 272 valence electrons. The second kappa shape index (κ2) is 22.4. The van der Waals surface area contributed by atoms with Crippen molar-refractivity contribution in [1.29, 1.82) is 0 Å². The molecule has 0 spiro atoms. The molecule has 1 aromatic carbocycles. The van der Waals surface area contributed by atoms with Gasteiger partial charge in [0.05, 0.1) is 65.8 Å². The van der Waals surface area contributed by atoms with Gasteiger partial charge in [-0.05, 0) is 11.5 Å². The second-order valence-corrected chi connectivity index (χ2v) is 12.2. The van der Waals surface area contributed by atoms with Crippen LogP contribution in [0.25, 0.3) is 0 Å². The average Bonchev–Trinajstić information content (AvgIpc) is 3.36. The largest absolute Gasteiger partial charge is 0.379 e. The number of amides is 6. The number of carbonyl (C=O) groups excluding carboxylic acids is 7. The first-order valence-corrected chi connectivity index (χ1v) is 16.6. The van der Waals surface area contributed by atoms with E-state index in [1.165, 1.54) is 4.90 Å². The van der Waals surface area contributed by atoms with Crippen molar-refractivity contribution in [3.8, 4) is 0 Å². The van der Waals surface area contributed by atoms with Gasteiger partial charge in [0.15, 0.2) is 5.78 Å². The SMILES string of the molecule is CC(C)C(=O)CNC(=O)[C@H](Cc1ccccc1)NC(=O)CNC(=O)CNC(=O)CCOCCOCCOCCN1C(=O)CC(C(C)C)C1=O. The molecule has 0 aromatic heterocycles. The van der Waals surface area contributed by atoms with Crippen LogP contribution < -0.4 is 21.3 Å². The Morgan fingerprint density at radius 1 is 0.755 bits per heavy atom. The minimum Gasteiger partial charge on any atom is -0.379 e. The van der Waals surface area contributed by atoms with Crippen molar-refractivity contribution in [2.24, 2.45) is 17.8 Å². The van der Waals surface area contributed by atoms with Gasteiger partial charge in [-0.15, -0.1) is 0 Å². The zero-order chi connectivity index (χ0) is 36.2. The molecular weight excluding hydrogens is 638 g/mol. The van der Waals surface area contributed by atoms with Crippen molar-refractivity contribution in [1.82, 2.24) is 26.2 Å². The number of ketones is 1. The second-order valence-electron chi connectivity index (χ2n) is 12.2. The smallest absolute Gasteiger partial charge is 0.243 e. The maximum Gasteiger partial charge on any atom is 0.243 e. The molecule has 2 rings (SSSR count). The Morgan fingerprint density at radius 3 is 1.96 bits per heavy atom. The van der Waals surface area contributed by atoms with E-state index in [0.717, 1.165) is 5.56 Å². The molecule has 1 saturated heterocycles. The van der Waals surface area contributed by atoms with Gasteiger partial charge in [0.2, 0.25) is 35.4 Å². The molecule has 6 amide bonds. The molecule has 1 unspecified atom stereocenters. The van der Waals surface area contributed by atoms with Crippen molar-refractivity contribution in [2.75, 3.05) is 65.8 Å². The molecule has 4 N–H and O–H groups in total. The molecule has 15 nitrogen and oxygen atoms in total. The summed E-state index contributed by atoms with van der Waals surface area (Å²) in [6.07, 6.45) is 0.452. The number of benzene rings is 1. The quantitative estimate of drug-likeness (QED) is 0.0830. The van der Waals surface area contributed by atoms with Gasteiger partial charge in [0.25, 0.3) is 0 Å². The highest BCUT2D eigenvalue weighted by molar-refractivity contribution is 6.03. The number of hydrogen-bond donors (Lipinski definition) is 4. The summed E-state index contributed by atoms with van der Waals surface area (Å²) < 4.78 is 16.2. The number of rotatable bonds is 24. The Kier molecular flexibility index (Phi) is 18.7. The van der Waals surface area contributed by atoms with Crippen LogP contribution >= 0.6 is 0 Å². The highest BCUT2D eigenvalue weighted by atomic mass is 16.5. The monoisotopic (exact) mass is 689 g/mol. The lowest BCUT2D eigenvalue weighted by Gasteiger charge is -2.19.